The van der Waals surface area contributed by atoms with E-state index in [9.17, 15) is 9.18 Å². The van der Waals surface area contributed by atoms with Gasteiger partial charge in [-0.15, -0.1) is 0 Å². The Bertz CT molecular complexity index is 390. The van der Waals surface area contributed by atoms with Crippen molar-refractivity contribution in [2.45, 2.75) is 18.9 Å². The molecule has 0 fully saturated rings. The van der Waals surface area contributed by atoms with Crippen LogP contribution in [0.15, 0.2) is 18.2 Å². The molecular weight excluding hydrogens is 201 g/mol. The highest BCUT2D eigenvalue weighted by molar-refractivity contribution is 5.78. The average molecular weight is 213 g/mol. The third kappa shape index (κ3) is 2.66. The number of nitrogens with two attached hydrogens (primary N) is 1. The zero-order valence-electron chi connectivity index (χ0n) is 8.20. The van der Waals surface area contributed by atoms with Gasteiger partial charge in [-0.3, -0.25) is 4.79 Å². The molecule has 0 saturated heterocycles. The Labute approximate surface area is 86.1 Å². The molecule has 1 atom stereocenters. The van der Waals surface area contributed by atoms with Crippen LogP contribution in [0.2, 0.25) is 0 Å². The molecular formula is C10H12FNO3. The number of aliphatic carboxylic acids is 1. The van der Waals surface area contributed by atoms with Gasteiger partial charge in [-0.25, -0.2) is 4.39 Å². The van der Waals surface area contributed by atoms with Crippen LogP contribution in [0.1, 0.15) is 12.5 Å². The average Bonchev–Trinajstić information content (AvgIpc) is 2.10. The Morgan fingerprint density at radius 2 is 2.20 bits per heavy atom. The van der Waals surface area contributed by atoms with E-state index in [4.69, 9.17) is 15.9 Å². The topological polar surface area (TPSA) is 83.5 Å². The summed E-state index contributed by atoms with van der Waals surface area (Å²) in [6, 6.07) is 3.68. The van der Waals surface area contributed by atoms with Gasteiger partial charge >= 0.3 is 5.97 Å². The molecule has 15 heavy (non-hydrogen) atoms. The van der Waals surface area contributed by atoms with Gasteiger partial charge in [0.15, 0.2) is 11.6 Å². The second-order valence-electron chi connectivity index (χ2n) is 3.69. The Morgan fingerprint density at radius 1 is 1.60 bits per heavy atom. The van der Waals surface area contributed by atoms with Crippen LogP contribution < -0.4 is 5.73 Å². The summed E-state index contributed by atoms with van der Waals surface area (Å²) >= 11 is 0. The van der Waals surface area contributed by atoms with Crippen LogP contribution in [-0.4, -0.2) is 21.7 Å². The fourth-order valence-electron chi connectivity index (χ4n) is 1.16. The van der Waals surface area contributed by atoms with Crippen LogP contribution in [-0.2, 0) is 11.2 Å². The second kappa shape index (κ2) is 3.86. The van der Waals surface area contributed by atoms with Crippen molar-refractivity contribution >= 4 is 5.97 Å². The number of carboxylic acids is 1. The molecule has 0 radical (unpaired) electrons. The maximum Gasteiger partial charge on any atom is 0.323 e. The molecule has 0 aliphatic heterocycles. The lowest BCUT2D eigenvalue weighted by molar-refractivity contribution is -0.142. The lowest BCUT2D eigenvalue weighted by Gasteiger charge is -2.18. The standard InChI is InChI=1S/C10H12FNO3/c1-10(12,9(14)15)5-6-2-3-8(13)7(11)4-6/h2-4,13H,5,12H2,1H3,(H,14,15). The van der Waals surface area contributed by atoms with Gasteiger partial charge < -0.3 is 15.9 Å². The molecule has 82 valence electrons. The van der Waals surface area contributed by atoms with Crippen molar-refractivity contribution in [3.8, 4) is 5.75 Å². The van der Waals surface area contributed by atoms with Gasteiger partial charge in [-0.05, 0) is 24.6 Å². The number of halogens is 1. The molecule has 0 saturated carbocycles. The number of rotatable bonds is 3. The molecule has 4 N–H and O–H groups in total. The van der Waals surface area contributed by atoms with Gasteiger partial charge in [0.1, 0.15) is 5.54 Å². The van der Waals surface area contributed by atoms with Gasteiger partial charge in [-0.2, -0.15) is 0 Å². The van der Waals surface area contributed by atoms with E-state index in [1.807, 2.05) is 0 Å². The van der Waals surface area contributed by atoms with Crippen molar-refractivity contribution in [3.63, 3.8) is 0 Å². The van der Waals surface area contributed by atoms with E-state index in [2.05, 4.69) is 0 Å². The maximum atomic E-state index is 12.9. The van der Waals surface area contributed by atoms with Crippen LogP contribution in [0.4, 0.5) is 4.39 Å². The molecule has 1 unspecified atom stereocenters. The summed E-state index contributed by atoms with van der Waals surface area (Å²) in [5.41, 5.74) is 4.48. The molecule has 1 aromatic rings. The number of carboxylic acid groups (broad SMARTS) is 1. The summed E-state index contributed by atoms with van der Waals surface area (Å²) in [5.74, 6) is -2.41. The predicted molar refractivity (Wildman–Crippen MR) is 52.0 cm³/mol. The Hall–Kier alpha value is -1.62. The van der Waals surface area contributed by atoms with Crippen LogP contribution in [0.3, 0.4) is 0 Å². The number of hydrogen-bond donors (Lipinski definition) is 3. The SMILES string of the molecule is CC(N)(Cc1ccc(O)c(F)c1)C(=O)O. The van der Waals surface area contributed by atoms with E-state index >= 15 is 0 Å². The lowest BCUT2D eigenvalue weighted by Crippen LogP contribution is -2.46. The zero-order chi connectivity index (χ0) is 11.6. The van der Waals surface area contributed by atoms with Crippen LogP contribution in [0.5, 0.6) is 5.75 Å². The van der Waals surface area contributed by atoms with E-state index < -0.39 is 23.1 Å². The minimum absolute atomic E-state index is 0.000463. The van der Waals surface area contributed by atoms with E-state index in [0.717, 1.165) is 6.07 Å². The summed E-state index contributed by atoms with van der Waals surface area (Å²) in [4.78, 5) is 10.7. The first-order valence-electron chi connectivity index (χ1n) is 4.32. The fraction of sp³-hybridized carbons (Fsp3) is 0.300. The van der Waals surface area contributed by atoms with E-state index in [1.54, 1.807) is 0 Å². The summed E-state index contributed by atoms with van der Waals surface area (Å²) < 4.78 is 12.9. The quantitative estimate of drug-likeness (QED) is 0.695. The van der Waals surface area contributed by atoms with Crippen molar-refractivity contribution in [2.24, 2.45) is 5.73 Å². The molecule has 4 nitrogen and oxygen atoms in total. The smallest absolute Gasteiger partial charge is 0.323 e. The maximum absolute atomic E-state index is 12.9. The van der Waals surface area contributed by atoms with E-state index in [0.29, 0.717) is 5.56 Å². The Morgan fingerprint density at radius 3 is 2.67 bits per heavy atom. The van der Waals surface area contributed by atoms with Crippen molar-refractivity contribution in [1.82, 2.24) is 0 Å². The number of aromatic hydroxyl groups is 1. The van der Waals surface area contributed by atoms with Gasteiger partial charge in [0, 0.05) is 6.42 Å². The van der Waals surface area contributed by atoms with Gasteiger partial charge in [0.25, 0.3) is 0 Å². The molecule has 5 heteroatoms. The molecule has 0 aliphatic rings. The largest absolute Gasteiger partial charge is 0.505 e. The van der Waals surface area contributed by atoms with E-state index in [-0.39, 0.29) is 6.42 Å². The molecule has 0 heterocycles. The summed E-state index contributed by atoms with van der Waals surface area (Å²) in [5, 5.41) is 17.7. The van der Waals surface area contributed by atoms with Crippen molar-refractivity contribution in [3.05, 3.63) is 29.6 Å². The summed E-state index contributed by atoms with van der Waals surface area (Å²) in [6.45, 7) is 1.35. The fourth-order valence-corrected chi connectivity index (χ4v) is 1.16. The molecule has 0 bridgehead atoms. The van der Waals surface area contributed by atoms with Gasteiger partial charge in [0.2, 0.25) is 0 Å². The van der Waals surface area contributed by atoms with Crippen molar-refractivity contribution < 1.29 is 19.4 Å². The first kappa shape index (κ1) is 11.5. The van der Waals surface area contributed by atoms with Crippen molar-refractivity contribution in [1.29, 1.82) is 0 Å². The zero-order valence-corrected chi connectivity index (χ0v) is 8.20. The lowest BCUT2D eigenvalue weighted by atomic mass is 9.94. The number of phenols is 1. The van der Waals surface area contributed by atoms with Gasteiger partial charge in [0.05, 0.1) is 0 Å². The Kier molecular flexibility index (Phi) is 2.95. The number of benzene rings is 1. The van der Waals surface area contributed by atoms with E-state index in [1.165, 1.54) is 19.1 Å². The highest BCUT2D eigenvalue weighted by Crippen LogP contribution is 2.19. The van der Waals surface area contributed by atoms with Crippen LogP contribution in [0.25, 0.3) is 0 Å². The Balaban J connectivity index is 2.91. The highest BCUT2D eigenvalue weighted by Gasteiger charge is 2.28. The van der Waals surface area contributed by atoms with Gasteiger partial charge in [-0.1, -0.05) is 6.07 Å². The first-order valence-corrected chi connectivity index (χ1v) is 4.32. The molecule has 1 aromatic carbocycles. The minimum atomic E-state index is -1.44. The third-order valence-electron chi connectivity index (χ3n) is 2.07. The number of carbonyl (C=O) groups is 1. The number of phenolic OH excluding ortho intramolecular Hbond substituents is 1. The number of hydrogen-bond acceptors (Lipinski definition) is 3. The highest BCUT2D eigenvalue weighted by atomic mass is 19.1. The molecule has 0 amide bonds. The second-order valence-corrected chi connectivity index (χ2v) is 3.69. The molecule has 0 aliphatic carbocycles. The molecule has 0 aromatic heterocycles. The molecule has 0 spiro atoms. The minimum Gasteiger partial charge on any atom is -0.505 e. The predicted octanol–water partition coefficient (Wildman–Crippen LogP) is 0.876. The summed E-state index contributed by atoms with van der Waals surface area (Å²) in [6.07, 6.45) is -0.000463. The molecule has 1 rings (SSSR count). The van der Waals surface area contributed by atoms with Crippen LogP contribution >= 0.6 is 0 Å². The third-order valence-corrected chi connectivity index (χ3v) is 2.07. The van der Waals surface area contributed by atoms with Crippen LogP contribution in [0, 0.1) is 5.82 Å². The summed E-state index contributed by atoms with van der Waals surface area (Å²) in [7, 11) is 0. The van der Waals surface area contributed by atoms with Crippen molar-refractivity contribution in [2.75, 3.05) is 0 Å². The first-order chi connectivity index (χ1) is 6.83. The monoisotopic (exact) mass is 213 g/mol. The normalized spacial score (nSPS) is 14.6.